The number of aryl methyl sites for hydroxylation is 1. The molecule has 132 valence electrons. The summed E-state index contributed by atoms with van der Waals surface area (Å²) < 4.78 is 0.765. The topological polar surface area (TPSA) is 49.4 Å². The lowest BCUT2D eigenvalue weighted by atomic mass is 10.2. The molecule has 0 aliphatic rings. The fourth-order valence-electron chi connectivity index (χ4n) is 2.43. The Kier molecular flexibility index (Phi) is 7.02. The molecular weight excluding hydrogens is 404 g/mol. The Labute approximate surface area is 161 Å². The lowest BCUT2D eigenvalue weighted by molar-refractivity contribution is -0.116. The first-order valence-electron chi connectivity index (χ1n) is 8.02. The van der Waals surface area contributed by atoms with Crippen molar-refractivity contribution in [2.45, 2.75) is 20.3 Å². The fourth-order valence-corrected chi connectivity index (χ4v) is 2.99. The van der Waals surface area contributed by atoms with Crippen molar-refractivity contribution in [1.82, 2.24) is 4.90 Å². The number of para-hydroxylation sites is 1. The Morgan fingerprint density at radius 3 is 2.60 bits per heavy atom. The molecule has 0 aromatic heterocycles. The summed E-state index contributed by atoms with van der Waals surface area (Å²) in [4.78, 5) is 26.7. The van der Waals surface area contributed by atoms with Crippen molar-refractivity contribution in [3.05, 3.63) is 63.1 Å². The van der Waals surface area contributed by atoms with Gasteiger partial charge in [-0.25, -0.2) is 0 Å². The van der Waals surface area contributed by atoms with Gasteiger partial charge in [-0.15, -0.1) is 0 Å². The summed E-state index contributed by atoms with van der Waals surface area (Å²) in [6.45, 7) is 4.33. The van der Waals surface area contributed by atoms with Crippen LogP contribution in [0.4, 0.5) is 5.69 Å². The van der Waals surface area contributed by atoms with Crippen LogP contribution in [0, 0.1) is 6.92 Å². The van der Waals surface area contributed by atoms with E-state index in [1.807, 2.05) is 38.1 Å². The molecule has 6 heteroatoms. The number of hydrogen-bond acceptors (Lipinski definition) is 2. The van der Waals surface area contributed by atoms with E-state index in [9.17, 15) is 9.59 Å². The monoisotopic (exact) mass is 422 g/mol. The summed E-state index contributed by atoms with van der Waals surface area (Å²) in [7, 11) is 0. The molecule has 0 atom stereocenters. The van der Waals surface area contributed by atoms with Crippen LogP contribution in [-0.2, 0) is 4.79 Å². The molecule has 2 aromatic rings. The molecule has 0 spiro atoms. The predicted octanol–water partition coefficient (Wildman–Crippen LogP) is 4.90. The van der Waals surface area contributed by atoms with Gasteiger partial charge < -0.3 is 10.2 Å². The number of rotatable bonds is 6. The molecule has 0 heterocycles. The van der Waals surface area contributed by atoms with Crippen LogP contribution < -0.4 is 5.32 Å². The number of anilines is 1. The third kappa shape index (κ3) is 5.31. The van der Waals surface area contributed by atoms with E-state index in [2.05, 4.69) is 21.2 Å². The first-order valence-corrected chi connectivity index (χ1v) is 9.19. The highest BCUT2D eigenvalue weighted by Crippen LogP contribution is 2.22. The molecule has 0 radical (unpaired) electrons. The van der Waals surface area contributed by atoms with Crippen LogP contribution in [0.25, 0.3) is 0 Å². The normalized spacial score (nSPS) is 10.4. The van der Waals surface area contributed by atoms with Crippen molar-refractivity contribution < 1.29 is 9.59 Å². The predicted molar refractivity (Wildman–Crippen MR) is 105 cm³/mol. The van der Waals surface area contributed by atoms with Crippen LogP contribution in [-0.4, -0.2) is 29.8 Å². The third-order valence-electron chi connectivity index (χ3n) is 3.69. The van der Waals surface area contributed by atoms with E-state index < -0.39 is 0 Å². The zero-order chi connectivity index (χ0) is 18.4. The van der Waals surface area contributed by atoms with E-state index in [-0.39, 0.29) is 18.4 Å². The van der Waals surface area contributed by atoms with E-state index in [1.165, 1.54) is 4.90 Å². The molecule has 2 amide bonds. The maximum absolute atomic E-state index is 12.8. The molecular formula is C19H20BrClN2O2. The molecule has 1 N–H and O–H groups in total. The first-order chi connectivity index (χ1) is 11.9. The Morgan fingerprint density at radius 2 is 1.92 bits per heavy atom. The number of hydrogen-bond donors (Lipinski definition) is 1. The molecule has 0 aliphatic carbocycles. The number of halogens is 2. The summed E-state index contributed by atoms with van der Waals surface area (Å²) in [5.74, 6) is -0.490. The van der Waals surface area contributed by atoms with Gasteiger partial charge in [0.2, 0.25) is 5.91 Å². The van der Waals surface area contributed by atoms with Crippen molar-refractivity contribution in [3.63, 3.8) is 0 Å². The lowest BCUT2D eigenvalue weighted by Gasteiger charge is -2.22. The van der Waals surface area contributed by atoms with Crippen LogP contribution in [0.3, 0.4) is 0 Å². The van der Waals surface area contributed by atoms with Crippen LogP contribution in [0.5, 0.6) is 0 Å². The summed E-state index contributed by atoms with van der Waals surface area (Å²) >= 11 is 9.50. The lowest BCUT2D eigenvalue weighted by Crippen LogP contribution is -2.38. The summed E-state index contributed by atoms with van der Waals surface area (Å²) in [5.41, 5.74) is 2.10. The average Bonchev–Trinajstić information content (AvgIpc) is 2.58. The van der Waals surface area contributed by atoms with Crippen molar-refractivity contribution in [3.8, 4) is 0 Å². The highest BCUT2D eigenvalue weighted by molar-refractivity contribution is 9.10. The zero-order valence-electron chi connectivity index (χ0n) is 14.2. The van der Waals surface area contributed by atoms with Crippen molar-refractivity contribution in [2.75, 3.05) is 18.4 Å². The molecule has 0 unspecified atom stereocenters. The van der Waals surface area contributed by atoms with E-state index >= 15 is 0 Å². The molecule has 0 aliphatic heterocycles. The van der Waals surface area contributed by atoms with Gasteiger partial charge >= 0.3 is 0 Å². The molecule has 0 fully saturated rings. The van der Waals surface area contributed by atoms with Crippen molar-refractivity contribution in [1.29, 1.82) is 0 Å². The highest BCUT2D eigenvalue weighted by atomic mass is 79.9. The quantitative estimate of drug-likeness (QED) is 0.718. The second-order valence-corrected chi connectivity index (χ2v) is 7.04. The molecule has 2 aromatic carbocycles. The first kappa shape index (κ1) is 19.5. The van der Waals surface area contributed by atoms with Gasteiger partial charge in [0.05, 0.1) is 10.6 Å². The maximum Gasteiger partial charge on any atom is 0.255 e. The Morgan fingerprint density at radius 1 is 1.20 bits per heavy atom. The minimum atomic E-state index is -0.256. The standard InChI is InChI=1S/C19H20BrClN2O2/c1-3-10-23(19(25)15-11-14(20)8-9-16(15)21)12-18(24)22-17-7-5-4-6-13(17)2/h4-9,11H,3,10,12H2,1-2H3,(H,22,24). The highest BCUT2D eigenvalue weighted by Gasteiger charge is 2.21. The molecule has 2 rings (SSSR count). The molecule has 0 saturated carbocycles. The average molecular weight is 424 g/mol. The smallest absolute Gasteiger partial charge is 0.255 e. The summed E-state index contributed by atoms with van der Waals surface area (Å²) in [6.07, 6.45) is 0.745. The molecule has 25 heavy (non-hydrogen) atoms. The maximum atomic E-state index is 12.8. The van der Waals surface area contributed by atoms with Gasteiger partial charge in [0.15, 0.2) is 0 Å². The fraction of sp³-hybridized carbons (Fsp3) is 0.263. The third-order valence-corrected chi connectivity index (χ3v) is 4.52. The summed E-state index contributed by atoms with van der Waals surface area (Å²) in [5, 5.41) is 3.23. The van der Waals surface area contributed by atoms with Gasteiger partial charge in [0.25, 0.3) is 5.91 Å². The van der Waals surface area contributed by atoms with Crippen molar-refractivity contribution >= 4 is 45.0 Å². The van der Waals surface area contributed by atoms with Gasteiger partial charge in [0, 0.05) is 16.7 Å². The number of nitrogens with zero attached hydrogens (tertiary/aromatic N) is 1. The van der Waals surface area contributed by atoms with Gasteiger partial charge in [-0.05, 0) is 43.2 Å². The van der Waals surface area contributed by atoms with Crippen LogP contribution >= 0.6 is 27.5 Å². The van der Waals surface area contributed by atoms with Gasteiger partial charge in [0.1, 0.15) is 6.54 Å². The number of nitrogens with one attached hydrogen (secondary N) is 1. The Balaban J connectivity index is 2.14. The number of carbonyl (C=O) groups excluding carboxylic acids is 2. The van der Waals surface area contributed by atoms with E-state index in [0.29, 0.717) is 17.1 Å². The molecule has 0 saturated heterocycles. The minimum Gasteiger partial charge on any atom is -0.329 e. The minimum absolute atomic E-state index is 0.0240. The SMILES string of the molecule is CCCN(CC(=O)Nc1ccccc1C)C(=O)c1cc(Br)ccc1Cl. The van der Waals surface area contributed by atoms with Crippen LogP contribution in [0.1, 0.15) is 29.3 Å². The van der Waals surface area contributed by atoms with E-state index in [0.717, 1.165) is 22.1 Å². The van der Waals surface area contributed by atoms with Gasteiger partial charge in [-0.3, -0.25) is 9.59 Å². The van der Waals surface area contributed by atoms with Crippen LogP contribution in [0.15, 0.2) is 46.9 Å². The summed E-state index contributed by atoms with van der Waals surface area (Å²) in [6, 6.07) is 12.6. The van der Waals surface area contributed by atoms with Crippen LogP contribution in [0.2, 0.25) is 5.02 Å². The number of amides is 2. The Bertz CT molecular complexity index is 780. The van der Waals surface area contributed by atoms with Crippen molar-refractivity contribution in [2.24, 2.45) is 0 Å². The molecule has 0 bridgehead atoms. The largest absolute Gasteiger partial charge is 0.329 e. The Hall–Kier alpha value is -1.85. The number of benzene rings is 2. The van der Waals surface area contributed by atoms with Gasteiger partial charge in [-0.2, -0.15) is 0 Å². The second kappa shape index (κ2) is 9.02. The van der Waals surface area contributed by atoms with E-state index in [4.69, 9.17) is 11.6 Å². The molecule has 4 nitrogen and oxygen atoms in total. The number of carbonyl (C=O) groups is 2. The zero-order valence-corrected chi connectivity index (χ0v) is 16.5. The second-order valence-electron chi connectivity index (χ2n) is 5.71. The van der Waals surface area contributed by atoms with E-state index in [1.54, 1.807) is 18.2 Å². The van der Waals surface area contributed by atoms with Gasteiger partial charge in [-0.1, -0.05) is 52.7 Å².